The molecule has 3 heterocycles. The smallest absolute Gasteiger partial charge is 0.187 e. The van der Waals surface area contributed by atoms with E-state index < -0.39 is 0 Å². The van der Waals surface area contributed by atoms with Crippen LogP contribution < -0.4 is 0 Å². The van der Waals surface area contributed by atoms with Crippen LogP contribution in [0.1, 0.15) is 29.8 Å². The minimum atomic E-state index is 0.0795. The van der Waals surface area contributed by atoms with Crippen molar-refractivity contribution in [2.24, 2.45) is 5.92 Å². The van der Waals surface area contributed by atoms with Gasteiger partial charge in [0.25, 0.3) is 0 Å². The number of carbonyl (C=O) groups is 1. The van der Waals surface area contributed by atoms with E-state index in [1.807, 2.05) is 5.38 Å². The van der Waals surface area contributed by atoms with E-state index in [1.165, 1.54) is 11.3 Å². The van der Waals surface area contributed by atoms with E-state index in [-0.39, 0.29) is 17.8 Å². The Bertz CT molecular complexity index is 349. The van der Waals surface area contributed by atoms with Crippen LogP contribution in [0.2, 0.25) is 0 Å². The Morgan fingerprint density at radius 1 is 1.57 bits per heavy atom. The Labute approximate surface area is 86.1 Å². The van der Waals surface area contributed by atoms with Crippen LogP contribution in [0.4, 0.5) is 0 Å². The lowest BCUT2D eigenvalue weighted by Gasteiger charge is -2.15. The molecule has 2 fully saturated rings. The van der Waals surface area contributed by atoms with Gasteiger partial charge in [0.2, 0.25) is 0 Å². The lowest BCUT2D eigenvalue weighted by molar-refractivity contribution is 0.0740. The third kappa shape index (κ3) is 1.21. The lowest BCUT2D eigenvalue weighted by atomic mass is 9.85. The molecule has 3 rings (SSSR count). The molecule has 2 aliphatic heterocycles. The normalized spacial score (nSPS) is 35.0. The topological polar surface area (TPSA) is 39.2 Å². The van der Waals surface area contributed by atoms with Crippen LogP contribution in [-0.4, -0.2) is 23.0 Å². The molecule has 14 heavy (non-hydrogen) atoms. The molecule has 3 unspecified atom stereocenters. The van der Waals surface area contributed by atoms with Crippen molar-refractivity contribution in [3.8, 4) is 0 Å². The largest absolute Gasteiger partial charge is 0.374 e. The van der Waals surface area contributed by atoms with Gasteiger partial charge >= 0.3 is 0 Å². The first-order chi connectivity index (χ1) is 6.84. The number of hydrogen-bond donors (Lipinski definition) is 0. The second-order valence-corrected chi connectivity index (χ2v) is 4.67. The number of fused-ring (bicyclic) bond motifs is 2. The summed E-state index contributed by atoms with van der Waals surface area (Å²) < 4.78 is 5.66. The molecule has 3 atom stereocenters. The van der Waals surface area contributed by atoms with Crippen LogP contribution in [-0.2, 0) is 4.74 Å². The van der Waals surface area contributed by atoms with Crippen molar-refractivity contribution >= 4 is 17.1 Å². The summed E-state index contributed by atoms with van der Waals surface area (Å²) in [6.45, 7) is 0. The van der Waals surface area contributed by atoms with Crippen LogP contribution >= 0.6 is 11.3 Å². The number of ketones is 1. The van der Waals surface area contributed by atoms with Crippen LogP contribution in [0.15, 0.2) is 10.9 Å². The van der Waals surface area contributed by atoms with Gasteiger partial charge in [-0.3, -0.25) is 4.79 Å². The fraction of sp³-hybridized carbons (Fsp3) is 0.600. The monoisotopic (exact) mass is 209 g/mol. The number of carbonyl (C=O) groups excluding carboxylic acids is 1. The summed E-state index contributed by atoms with van der Waals surface area (Å²) in [5.74, 6) is 0.259. The van der Waals surface area contributed by atoms with Crippen molar-refractivity contribution in [3.05, 3.63) is 16.6 Å². The maximum Gasteiger partial charge on any atom is 0.187 e. The fourth-order valence-corrected chi connectivity index (χ4v) is 2.98. The van der Waals surface area contributed by atoms with Gasteiger partial charge in [0, 0.05) is 5.38 Å². The number of ether oxygens (including phenoxy) is 1. The Morgan fingerprint density at radius 3 is 3.07 bits per heavy atom. The summed E-state index contributed by atoms with van der Waals surface area (Å²) in [6, 6.07) is 0. The van der Waals surface area contributed by atoms with Crippen molar-refractivity contribution < 1.29 is 9.53 Å². The highest BCUT2D eigenvalue weighted by molar-refractivity contribution is 7.07. The van der Waals surface area contributed by atoms with Crippen LogP contribution in [0.25, 0.3) is 0 Å². The molecular formula is C10H11NO2S. The number of thiazole rings is 1. The van der Waals surface area contributed by atoms with Gasteiger partial charge in [-0.25, -0.2) is 4.98 Å². The molecule has 2 aliphatic rings. The zero-order chi connectivity index (χ0) is 9.54. The van der Waals surface area contributed by atoms with Crippen molar-refractivity contribution in [1.29, 1.82) is 0 Å². The maximum atomic E-state index is 12.0. The first-order valence-corrected chi connectivity index (χ1v) is 5.87. The van der Waals surface area contributed by atoms with Gasteiger partial charge in [0.15, 0.2) is 5.78 Å². The number of Topliss-reactive ketones (excluding diaryl/α,β-unsaturated/α-hetero) is 1. The summed E-state index contributed by atoms with van der Waals surface area (Å²) in [5.41, 5.74) is 2.33. The number of aromatic nitrogens is 1. The molecule has 0 aliphatic carbocycles. The SMILES string of the molecule is O=C(c1cscn1)C1CC2CCC1O2. The number of nitrogens with zero attached hydrogens (tertiary/aromatic N) is 1. The van der Waals surface area contributed by atoms with Gasteiger partial charge in [-0.1, -0.05) is 0 Å². The predicted molar refractivity (Wildman–Crippen MR) is 52.4 cm³/mol. The fourth-order valence-electron chi connectivity index (χ4n) is 2.44. The molecule has 0 radical (unpaired) electrons. The molecular weight excluding hydrogens is 198 g/mol. The molecule has 4 heteroatoms. The molecule has 0 amide bonds. The quantitative estimate of drug-likeness (QED) is 0.698. The Hall–Kier alpha value is -0.740. The average molecular weight is 209 g/mol. The highest BCUT2D eigenvalue weighted by Crippen LogP contribution is 2.40. The lowest BCUT2D eigenvalue weighted by Crippen LogP contribution is -2.25. The highest BCUT2D eigenvalue weighted by Gasteiger charge is 2.44. The van der Waals surface area contributed by atoms with Crippen LogP contribution in [0.5, 0.6) is 0 Å². The third-order valence-corrected chi connectivity index (χ3v) is 3.71. The summed E-state index contributed by atoms with van der Waals surface area (Å²) in [6.07, 6.45) is 3.60. The molecule has 1 aromatic heterocycles. The first kappa shape index (κ1) is 8.56. The minimum absolute atomic E-state index is 0.0795. The van der Waals surface area contributed by atoms with E-state index in [4.69, 9.17) is 4.74 Å². The molecule has 2 saturated heterocycles. The molecule has 0 spiro atoms. The Morgan fingerprint density at radius 2 is 2.50 bits per heavy atom. The Balaban J connectivity index is 1.81. The average Bonchev–Trinajstić information content (AvgIpc) is 2.93. The van der Waals surface area contributed by atoms with Crippen molar-refractivity contribution in [1.82, 2.24) is 4.98 Å². The van der Waals surface area contributed by atoms with E-state index >= 15 is 0 Å². The number of hydrogen-bond acceptors (Lipinski definition) is 4. The number of rotatable bonds is 2. The van der Waals surface area contributed by atoms with Gasteiger partial charge in [-0.05, 0) is 19.3 Å². The van der Waals surface area contributed by atoms with Crippen molar-refractivity contribution in [3.63, 3.8) is 0 Å². The van der Waals surface area contributed by atoms with Gasteiger partial charge in [-0.2, -0.15) is 0 Å². The van der Waals surface area contributed by atoms with Gasteiger partial charge < -0.3 is 4.74 Å². The Kier molecular flexibility index (Phi) is 1.92. The molecule has 0 N–H and O–H groups in total. The third-order valence-electron chi connectivity index (χ3n) is 3.13. The minimum Gasteiger partial charge on any atom is -0.374 e. The van der Waals surface area contributed by atoms with Crippen molar-refractivity contribution in [2.75, 3.05) is 0 Å². The molecule has 74 valence electrons. The highest BCUT2D eigenvalue weighted by atomic mass is 32.1. The van der Waals surface area contributed by atoms with Crippen LogP contribution in [0, 0.1) is 5.92 Å². The maximum absolute atomic E-state index is 12.0. The molecule has 1 aromatic rings. The first-order valence-electron chi connectivity index (χ1n) is 4.92. The summed E-state index contributed by atoms with van der Waals surface area (Å²) in [5, 5.41) is 1.83. The van der Waals surface area contributed by atoms with Gasteiger partial charge in [0.05, 0.1) is 23.6 Å². The predicted octanol–water partition coefficient (Wildman–Crippen LogP) is 1.89. The second kappa shape index (κ2) is 3.14. The van der Waals surface area contributed by atoms with Gasteiger partial charge in [0.1, 0.15) is 5.69 Å². The second-order valence-electron chi connectivity index (χ2n) is 3.95. The molecule has 0 saturated carbocycles. The van der Waals surface area contributed by atoms with E-state index in [2.05, 4.69) is 4.98 Å². The van der Waals surface area contributed by atoms with Crippen molar-refractivity contribution in [2.45, 2.75) is 31.5 Å². The standard InChI is InChI=1S/C10H11NO2S/c12-10(8-4-14-5-11-8)7-3-6-1-2-9(7)13-6/h4-7,9H,1-3H2. The molecule has 3 nitrogen and oxygen atoms in total. The van der Waals surface area contributed by atoms with E-state index in [1.54, 1.807) is 5.51 Å². The van der Waals surface area contributed by atoms with E-state index in [0.29, 0.717) is 11.8 Å². The summed E-state index contributed by atoms with van der Waals surface area (Å²) in [4.78, 5) is 16.0. The molecule has 2 bridgehead atoms. The van der Waals surface area contributed by atoms with Crippen LogP contribution in [0.3, 0.4) is 0 Å². The summed E-state index contributed by atoms with van der Waals surface area (Å²) in [7, 11) is 0. The molecule has 0 aromatic carbocycles. The van der Waals surface area contributed by atoms with E-state index in [0.717, 1.165) is 19.3 Å². The van der Waals surface area contributed by atoms with E-state index in [9.17, 15) is 4.79 Å². The summed E-state index contributed by atoms with van der Waals surface area (Å²) >= 11 is 1.47. The zero-order valence-corrected chi connectivity index (χ0v) is 8.50. The zero-order valence-electron chi connectivity index (χ0n) is 7.68. The van der Waals surface area contributed by atoms with Gasteiger partial charge in [-0.15, -0.1) is 11.3 Å².